The number of nitrogens with zero attached hydrogens (tertiary/aromatic N) is 1. The summed E-state index contributed by atoms with van der Waals surface area (Å²) in [4.78, 5) is 15.0. The van der Waals surface area contributed by atoms with Gasteiger partial charge in [-0.3, -0.25) is 9.78 Å². The van der Waals surface area contributed by atoms with Crippen molar-refractivity contribution in [3.8, 4) is 5.75 Å². The average molecular weight is 231 g/mol. The van der Waals surface area contributed by atoms with Crippen LogP contribution in [0.2, 0.25) is 0 Å². The fourth-order valence-electron chi connectivity index (χ4n) is 1.45. The van der Waals surface area contributed by atoms with Crippen molar-refractivity contribution in [3.05, 3.63) is 36.5 Å². The molecule has 4 N–H and O–H groups in total. The van der Waals surface area contributed by atoms with Crippen molar-refractivity contribution < 1.29 is 9.53 Å². The van der Waals surface area contributed by atoms with Crippen LogP contribution in [0.1, 0.15) is 0 Å². The van der Waals surface area contributed by atoms with E-state index >= 15 is 0 Å². The van der Waals surface area contributed by atoms with Crippen molar-refractivity contribution in [1.82, 2.24) is 4.98 Å². The second-order valence-corrected chi connectivity index (χ2v) is 3.65. The topological polar surface area (TPSA) is 91.2 Å². The monoisotopic (exact) mass is 231 g/mol. The van der Waals surface area contributed by atoms with Gasteiger partial charge in [0.05, 0.1) is 0 Å². The van der Waals surface area contributed by atoms with Gasteiger partial charge in [0.1, 0.15) is 23.9 Å². The number of para-hydroxylation sites is 1. The summed E-state index contributed by atoms with van der Waals surface area (Å²) < 4.78 is 5.45. The number of primary amides is 1. The van der Waals surface area contributed by atoms with E-state index in [2.05, 4.69) is 4.98 Å². The van der Waals surface area contributed by atoms with Gasteiger partial charge in [0.2, 0.25) is 5.91 Å². The molecule has 1 amide bonds. The highest BCUT2D eigenvalue weighted by Crippen LogP contribution is 2.22. The zero-order valence-corrected chi connectivity index (χ0v) is 9.17. The lowest BCUT2D eigenvalue weighted by Crippen LogP contribution is -2.41. The van der Waals surface area contributed by atoms with Gasteiger partial charge < -0.3 is 16.2 Å². The van der Waals surface area contributed by atoms with E-state index in [1.54, 1.807) is 12.3 Å². The number of pyridine rings is 1. The van der Waals surface area contributed by atoms with Crippen molar-refractivity contribution in [2.75, 3.05) is 6.61 Å². The number of nitrogens with two attached hydrogens (primary N) is 2. The highest BCUT2D eigenvalue weighted by atomic mass is 16.5. The minimum atomic E-state index is -0.811. The number of ether oxygens (including phenoxy) is 1. The minimum absolute atomic E-state index is 0.0466. The number of rotatable bonds is 4. The summed E-state index contributed by atoms with van der Waals surface area (Å²) in [6, 6.07) is 8.54. The number of benzene rings is 1. The van der Waals surface area contributed by atoms with Crippen LogP contribution >= 0.6 is 0 Å². The summed E-state index contributed by atoms with van der Waals surface area (Å²) in [5.74, 6) is 0.0120. The molecular weight excluding hydrogens is 218 g/mol. The molecule has 2 rings (SSSR count). The number of amides is 1. The number of carbonyl (C=O) groups is 1. The zero-order valence-electron chi connectivity index (χ0n) is 9.17. The zero-order chi connectivity index (χ0) is 12.3. The summed E-state index contributed by atoms with van der Waals surface area (Å²) in [5.41, 5.74) is 11.3. The SMILES string of the molecule is NC(=O)C(N)COc1cccc2cccnc12. The van der Waals surface area contributed by atoms with Gasteiger partial charge in [-0.1, -0.05) is 18.2 Å². The van der Waals surface area contributed by atoms with Gasteiger partial charge in [0, 0.05) is 11.6 Å². The van der Waals surface area contributed by atoms with Gasteiger partial charge in [-0.15, -0.1) is 0 Å². The van der Waals surface area contributed by atoms with E-state index in [1.807, 2.05) is 24.3 Å². The molecule has 0 spiro atoms. The normalized spacial score (nSPS) is 12.3. The van der Waals surface area contributed by atoms with Crippen LogP contribution in [0.3, 0.4) is 0 Å². The largest absolute Gasteiger partial charge is 0.489 e. The molecule has 0 aliphatic carbocycles. The highest BCUT2D eigenvalue weighted by Gasteiger charge is 2.11. The van der Waals surface area contributed by atoms with Crippen LogP contribution in [0, 0.1) is 0 Å². The Morgan fingerprint density at radius 3 is 2.88 bits per heavy atom. The van der Waals surface area contributed by atoms with Crippen molar-refractivity contribution in [3.63, 3.8) is 0 Å². The van der Waals surface area contributed by atoms with Gasteiger partial charge in [0.25, 0.3) is 0 Å². The molecule has 1 heterocycles. The molecule has 0 radical (unpaired) electrons. The third-order valence-corrected chi connectivity index (χ3v) is 2.38. The summed E-state index contributed by atoms with van der Waals surface area (Å²) >= 11 is 0. The predicted octanol–water partition coefficient (Wildman–Crippen LogP) is 0.426. The van der Waals surface area contributed by atoms with Crippen LogP contribution in [0.4, 0.5) is 0 Å². The Hall–Kier alpha value is -2.14. The van der Waals surface area contributed by atoms with Crippen LogP contribution in [-0.4, -0.2) is 23.5 Å². The van der Waals surface area contributed by atoms with Crippen molar-refractivity contribution in [2.24, 2.45) is 11.5 Å². The Balaban J connectivity index is 2.21. The summed E-state index contributed by atoms with van der Waals surface area (Å²) in [7, 11) is 0. The van der Waals surface area contributed by atoms with E-state index < -0.39 is 11.9 Å². The molecule has 5 nitrogen and oxygen atoms in total. The Kier molecular flexibility index (Phi) is 3.20. The summed E-state index contributed by atoms with van der Waals surface area (Å²) in [6.07, 6.45) is 1.68. The van der Waals surface area contributed by atoms with E-state index in [4.69, 9.17) is 16.2 Å². The molecule has 88 valence electrons. The number of hydrogen-bond donors (Lipinski definition) is 2. The van der Waals surface area contributed by atoms with Gasteiger partial charge >= 0.3 is 0 Å². The van der Waals surface area contributed by atoms with E-state index in [1.165, 1.54) is 0 Å². The van der Waals surface area contributed by atoms with Gasteiger partial charge in [-0.25, -0.2) is 0 Å². The van der Waals surface area contributed by atoms with Gasteiger partial charge in [-0.2, -0.15) is 0 Å². The molecule has 0 fully saturated rings. The molecule has 0 saturated carbocycles. The molecule has 0 bridgehead atoms. The van der Waals surface area contributed by atoms with E-state index in [9.17, 15) is 4.79 Å². The molecule has 1 aromatic carbocycles. The number of fused-ring (bicyclic) bond motifs is 1. The predicted molar refractivity (Wildman–Crippen MR) is 64.4 cm³/mol. The lowest BCUT2D eigenvalue weighted by atomic mass is 10.2. The first-order chi connectivity index (χ1) is 8.18. The Bertz CT molecular complexity index is 537. The van der Waals surface area contributed by atoms with Gasteiger partial charge in [-0.05, 0) is 12.1 Å². The fraction of sp³-hybridized carbons (Fsp3) is 0.167. The highest BCUT2D eigenvalue weighted by molar-refractivity contribution is 5.84. The number of hydrogen-bond acceptors (Lipinski definition) is 4. The molecule has 1 atom stereocenters. The minimum Gasteiger partial charge on any atom is -0.489 e. The fourth-order valence-corrected chi connectivity index (χ4v) is 1.45. The maximum absolute atomic E-state index is 10.8. The van der Waals surface area contributed by atoms with Crippen LogP contribution in [-0.2, 0) is 4.79 Å². The standard InChI is InChI=1S/C12H13N3O2/c13-9(12(14)16)7-17-10-5-1-3-8-4-2-6-15-11(8)10/h1-6,9H,7,13H2,(H2,14,16). The smallest absolute Gasteiger partial charge is 0.237 e. The molecular formula is C12H13N3O2. The molecule has 1 aromatic heterocycles. The maximum atomic E-state index is 10.8. The third kappa shape index (κ3) is 2.51. The molecule has 0 aliphatic heterocycles. The van der Waals surface area contributed by atoms with Crippen molar-refractivity contribution >= 4 is 16.8 Å². The average Bonchev–Trinajstić information content (AvgIpc) is 2.35. The molecule has 17 heavy (non-hydrogen) atoms. The van der Waals surface area contributed by atoms with Crippen LogP contribution in [0.15, 0.2) is 36.5 Å². The molecule has 1 unspecified atom stereocenters. The quantitative estimate of drug-likeness (QED) is 0.798. The lowest BCUT2D eigenvalue weighted by Gasteiger charge is -2.11. The first kappa shape index (κ1) is 11.3. The summed E-state index contributed by atoms with van der Waals surface area (Å²) in [5, 5.41) is 0.970. The van der Waals surface area contributed by atoms with E-state index in [-0.39, 0.29) is 6.61 Å². The van der Waals surface area contributed by atoms with E-state index in [0.717, 1.165) is 10.9 Å². The maximum Gasteiger partial charge on any atom is 0.237 e. The van der Waals surface area contributed by atoms with Crippen LogP contribution in [0.5, 0.6) is 5.75 Å². The van der Waals surface area contributed by atoms with Gasteiger partial charge in [0.15, 0.2) is 0 Å². The molecule has 2 aromatic rings. The lowest BCUT2D eigenvalue weighted by molar-refractivity contribution is -0.119. The molecule has 0 saturated heterocycles. The first-order valence-corrected chi connectivity index (χ1v) is 5.20. The van der Waals surface area contributed by atoms with Crippen LogP contribution < -0.4 is 16.2 Å². The Labute approximate surface area is 98.4 Å². The van der Waals surface area contributed by atoms with Crippen molar-refractivity contribution in [1.29, 1.82) is 0 Å². The Morgan fingerprint density at radius 2 is 2.12 bits per heavy atom. The first-order valence-electron chi connectivity index (χ1n) is 5.20. The number of carbonyl (C=O) groups excluding carboxylic acids is 1. The van der Waals surface area contributed by atoms with E-state index in [0.29, 0.717) is 5.75 Å². The summed E-state index contributed by atoms with van der Waals surface area (Å²) in [6.45, 7) is 0.0466. The number of aromatic nitrogens is 1. The Morgan fingerprint density at radius 1 is 1.35 bits per heavy atom. The third-order valence-electron chi connectivity index (χ3n) is 2.38. The molecule has 0 aliphatic rings. The van der Waals surface area contributed by atoms with Crippen molar-refractivity contribution in [2.45, 2.75) is 6.04 Å². The second kappa shape index (κ2) is 4.80. The molecule has 5 heteroatoms. The second-order valence-electron chi connectivity index (χ2n) is 3.65. The van der Waals surface area contributed by atoms with Crippen LogP contribution in [0.25, 0.3) is 10.9 Å².